The third-order valence-corrected chi connectivity index (χ3v) is 3.72. The van der Waals surface area contributed by atoms with Crippen LogP contribution < -0.4 is 9.46 Å². The molecule has 0 aliphatic heterocycles. The lowest BCUT2D eigenvalue weighted by Crippen LogP contribution is -2.24. The summed E-state index contributed by atoms with van der Waals surface area (Å²) >= 11 is 0. The molecule has 1 aromatic carbocycles. The van der Waals surface area contributed by atoms with Gasteiger partial charge in [-0.25, -0.2) is 13.1 Å². The summed E-state index contributed by atoms with van der Waals surface area (Å²) in [6, 6.07) is 4.28. The van der Waals surface area contributed by atoms with Gasteiger partial charge in [-0.3, -0.25) is 4.79 Å². The smallest absolute Gasteiger partial charge is 0.244 e. The van der Waals surface area contributed by atoms with Gasteiger partial charge in [-0.15, -0.1) is 6.58 Å². The van der Waals surface area contributed by atoms with Crippen LogP contribution in [0.5, 0.6) is 5.75 Å². The normalized spacial score (nSPS) is 11.0. The van der Waals surface area contributed by atoms with Crippen molar-refractivity contribution in [2.75, 3.05) is 13.7 Å². The van der Waals surface area contributed by atoms with Gasteiger partial charge >= 0.3 is 0 Å². The molecule has 0 aromatic heterocycles. The van der Waals surface area contributed by atoms with Gasteiger partial charge in [0.05, 0.1) is 7.11 Å². The number of carbonyl (C=O) groups excluding carboxylic acids is 1. The number of rotatable bonds is 6. The molecule has 0 saturated heterocycles. The summed E-state index contributed by atoms with van der Waals surface area (Å²) in [6.45, 7) is 4.91. The molecular weight excluding hydrogens is 254 g/mol. The number of benzene rings is 1. The van der Waals surface area contributed by atoms with Crippen LogP contribution in [0.25, 0.3) is 0 Å². The summed E-state index contributed by atoms with van der Waals surface area (Å²) in [5.74, 6) is -0.0191. The van der Waals surface area contributed by atoms with E-state index in [2.05, 4.69) is 11.3 Å². The molecule has 18 heavy (non-hydrogen) atoms. The molecule has 0 atom stereocenters. The second kappa shape index (κ2) is 5.79. The summed E-state index contributed by atoms with van der Waals surface area (Å²) in [7, 11) is -2.35. The van der Waals surface area contributed by atoms with Crippen LogP contribution in [-0.4, -0.2) is 27.9 Å². The third-order valence-electron chi connectivity index (χ3n) is 2.28. The highest BCUT2D eigenvalue weighted by Gasteiger charge is 2.20. The van der Waals surface area contributed by atoms with Gasteiger partial charge in [0.2, 0.25) is 10.0 Å². The Morgan fingerprint density at radius 2 is 2.17 bits per heavy atom. The van der Waals surface area contributed by atoms with E-state index in [1.54, 1.807) is 0 Å². The molecule has 5 nitrogen and oxygen atoms in total. The van der Waals surface area contributed by atoms with Crippen molar-refractivity contribution in [1.29, 1.82) is 0 Å². The summed E-state index contributed by atoms with van der Waals surface area (Å²) in [6.07, 6.45) is 1.43. The van der Waals surface area contributed by atoms with Crippen molar-refractivity contribution in [2.45, 2.75) is 11.8 Å². The number of ketones is 1. The van der Waals surface area contributed by atoms with E-state index < -0.39 is 10.0 Å². The number of ether oxygens (including phenoxy) is 1. The highest BCUT2D eigenvalue weighted by atomic mass is 32.2. The molecule has 0 aliphatic carbocycles. The topological polar surface area (TPSA) is 72.5 Å². The predicted octanol–water partition coefficient (Wildman–Crippen LogP) is 1.36. The maximum absolute atomic E-state index is 12.0. The summed E-state index contributed by atoms with van der Waals surface area (Å²) < 4.78 is 31.3. The molecule has 0 amide bonds. The third kappa shape index (κ3) is 3.18. The van der Waals surface area contributed by atoms with Crippen LogP contribution in [0.15, 0.2) is 35.7 Å². The van der Waals surface area contributed by atoms with Gasteiger partial charge in [-0.05, 0) is 25.1 Å². The van der Waals surface area contributed by atoms with E-state index in [4.69, 9.17) is 4.74 Å². The van der Waals surface area contributed by atoms with Crippen molar-refractivity contribution >= 4 is 15.8 Å². The molecule has 1 aromatic rings. The zero-order valence-electron chi connectivity index (χ0n) is 10.3. The van der Waals surface area contributed by atoms with Crippen LogP contribution >= 0.6 is 0 Å². The minimum Gasteiger partial charge on any atom is -0.495 e. The molecule has 0 bridgehead atoms. The fourth-order valence-corrected chi connectivity index (χ4v) is 2.54. The van der Waals surface area contributed by atoms with E-state index in [0.29, 0.717) is 5.56 Å². The van der Waals surface area contributed by atoms with Crippen LogP contribution in [0.2, 0.25) is 0 Å². The van der Waals surface area contributed by atoms with Gasteiger partial charge < -0.3 is 4.74 Å². The van der Waals surface area contributed by atoms with Gasteiger partial charge in [0, 0.05) is 12.1 Å². The number of Topliss-reactive ketones (excluding diaryl/α,β-unsaturated/α-hetero) is 1. The zero-order valence-corrected chi connectivity index (χ0v) is 11.1. The Labute approximate surface area is 107 Å². The number of hydrogen-bond donors (Lipinski definition) is 1. The second-order valence-electron chi connectivity index (χ2n) is 3.56. The van der Waals surface area contributed by atoms with Gasteiger partial charge in [0.25, 0.3) is 0 Å². The molecule has 0 saturated carbocycles. The average Bonchev–Trinajstić information content (AvgIpc) is 2.35. The average molecular weight is 269 g/mol. The molecule has 0 unspecified atom stereocenters. The highest BCUT2D eigenvalue weighted by Crippen LogP contribution is 2.24. The number of hydrogen-bond acceptors (Lipinski definition) is 4. The van der Waals surface area contributed by atoms with Crippen molar-refractivity contribution in [2.24, 2.45) is 0 Å². The molecule has 0 radical (unpaired) electrons. The van der Waals surface area contributed by atoms with Crippen LogP contribution in [0.4, 0.5) is 0 Å². The number of methoxy groups -OCH3 is 1. The Morgan fingerprint density at radius 1 is 1.50 bits per heavy atom. The molecule has 1 rings (SSSR count). The van der Waals surface area contributed by atoms with Crippen molar-refractivity contribution in [3.8, 4) is 5.75 Å². The molecular formula is C12H15NO4S. The van der Waals surface area contributed by atoms with Crippen molar-refractivity contribution in [3.05, 3.63) is 36.4 Å². The lowest BCUT2D eigenvalue weighted by atomic mass is 10.1. The van der Waals surface area contributed by atoms with Gasteiger partial charge in [0.15, 0.2) is 5.78 Å². The van der Waals surface area contributed by atoms with E-state index in [-0.39, 0.29) is 23.0 Å². The lowest BCUT2D eigenvalue weighted by molar-refractivity contribution is 0.101. The first-order chi connectivity index (χ1) is 8.42. The fourth-order valence-electron chi connectivity index (χ4n) is 1.35. The Kier molecular flexibility index (Phi) is 4.63. The van der Waals surface area contributed by atoms with Crippen LogP contribution in [-0.2, 0) is 10.0 Å². The Hall–Kier alpha value is -1.66. The van der Waals surface area contributed by atoms with E-state index in [1.807, 2.05) is 0 Å². The van der Waals surface area contributed by atoms with Crippen LogP contribution in [0.3, 0.4) is 0 Å². The lowest BCUT2D eigenvalue weighted by Gasteiger charge is -2.10. The van der Waals surface area contributed by atoms with Crippen LogP contribution in [0.1, 0.15) is 17.3 Å². The van der Waals surface area contributed by atoms with Crippen molar-refractivity contribution < 1.29 is 17.9 Å². The highest BCUT2D eigenvalue weighted by molar-refractivity contribution is 7.89. The van der Waals surface area contributed by atoms with Gasteiger partial charge in [-0.1, -0.05) is 6.08 Å². The molecule has 0 heterocycles. The Balaban J connectivity index is 3.31. The molecule has 98 valence electrons. The van der Waals surface area contributed by atoms with E-state index in [0.717, 1.165) is 0 Å². The molecule has 0 spiro atoms. The number of sulfonamides is 1. The number of nitrogens with one attached hydrogen (secondary N) is 1. The quantitative estimate of drug-likeness (QED) is 0.625. The summed E-state index contributed by atoms with van der Waals surface area (Å²) in [5.41, 5.74) is 0.315. The van der Waals surface area contributed by atoms with Crippen LogP contribution in [0, 0.1) is 0 Å². The van der Waals surface area contributed by atoms with Gasteiger partial charge in [0.1, 0.15) is 10.6 Å². The maximum Gasteiger partial charge on any atom is 0.244 e. The minimum absolute atomic E-state index is 0.0560. The fraction of sp³-hybridized carbons (Fsp3) is 0.250. The first-order valence-corrected chi connectivity index (χ1v) is 6.70. The largest absolute Gasteiger partial charge is 0.495 e. The standard InChI is InChI=1S/C12H15NO4S/c1-4-7-13-18(15,16)12-8-10(9(2)14)5-6-11(12)17-3/h4-6,8,13H,1,7H2,2-3H3. The first kappa shape index (κ1) is 14.4. The summed E-state index contributed by atoms with van der Waals surface area (Å²) in [4.78, 5) is 11.2. The molecule has 0 aliphatic rings. The number of carbonyl (C=O) groups is 1. The first-order valence-electron chi connectivity index (χ1n) is 5.22. The predicted molar refractivity (Wildman–Crippen MR) is 68.4 cm³/mol. The SMILES string of the molecule is C=CCNS(=O)(=O)c1cc(C(C)=O)ccc1OC. The minimum atomic E-state index is -3.72. The van der Waals surface area contributed by atoms with E-state index >= 15 is 0 Å². The second-order valence-corrected chi connectivity index (χ2v) is 5.30. The molecule has 6 heteroatoms. The summed E-state index contributed by atoms with van der Waals surface area (Å²) in [5, 5.41) is 0. The van der Waals surface area contributed by atoms with E-state index in [1.165, 1.54) is 38.3 Å². The zero-order chi connectivity index (χ0) is 13.8. The molecule has 0 fully saturated rings. The maximum atomic E-state index is 12.0. The monoisotopic (exact) mass is 269 g/mol. The van der Waals surface area contributed by atoms with Crippen molar-refractivity contribution in [1.82, 2.24) is 4.72 Å². The Morgan fingerprint density at radius 3 is 2.67 bits per heavy atom. The molecule has 1 N–H and O–H groups in total. The van der Waals surface area contributed by atoms with Crippen molar-refractivity contribution in [3.63, 3.8) is 0 Å². The van der Waals surface area contributed by atoms with E-state index in [9.17, 15) is 13.2 Å². The Bertz CT molecular complexity index is 563. The van der Waals surface area contributed by atoms with Gasteiger partial charge in [-0.2, -0.15) is 0 Å².